The van der Waals surface area contributed by atoms with E-state index in [2.05, 4.69) is 10.3 Å². The third-order valence-electron chi connectivity index (χ3n) is 2.88. The number of hydrogen-bond donors (Lipinski definition) is 3. The van der Waals surface area contributed by atoms with Crippen LogP contribution in [0.5, 0.6) is 0 Å². The van der Waals surface area contributed by atoms with Gasteiger partial charge >= 0.3 is 5.97 Å². The Morgan fingerprint density at radius 3 is 2.74 bits per heavy atom. The van der Waals surface area contributed by atoms with Gasteiger partial charge in [0.25, 0.3) is 5.91 Å². The number of hydrogen-bond acceptors (Lipinski definition) is 2. The van der Waals surface area contributed by atoms with Gasteiger partial charge in [-0.1, -0.05) is 18.2 Å². The van der Waals surface area contributed by atoms with E-state index in [1.54, 1.807) is 0 Å². The van der Waals surface area contributed by atoms with Gasteiger partial charge in [0.15, 0.2) is 0 Å². The number of para-hydroxylation sites is 1. The standard InChI is InChI=1S/C14H16N2O3/c17-13(18)7-3-4-8-15-14(19)12-9-10-5-1-2-6-11(10)16-12/h1-2,5-6,9,16H,3-4,7-8H2,(H,15,19)(H,17,18). The lowest BCUT2D eigenvalue weighted by Gasteiger charge is -2.02. The zero-order chi connectivity index (χ0) is 13.7. The minimum Gasteiger partial charge on any atom is -0.481 e. The largest absolute Gasteiger partial charge is 0.481 e. The van der Waals surface area contributed by atoms with Crippen molar-refractivity contribution in [1.82, 2.24) is 10.3 Å². The van der Waals surface area contributed by atoms with Crippen molar-refractivity contribution >= 4 is 22.8 Å². The molecule has 0 fully saturated rings. The Labute approximate surface area is 110 Å². The average molecular weight is 260 g/mol. The highest BCUT2D eigenvalue weighted by Gasteiger charge is 2.08. The van der Waals surface area contributed by atoms with Gasteiger partial charge in [0.05, 0.1) is 0 Å². The van der Waals surface area contributed by atoms with E-state index in [4.69, 9.17) is 5.11 Å². The van der Waals surface area contributed by atoms with Crippen LogP contribution in [0.2, 0.25) is 0 Å². The van der Waals surface area contributed by atoms with Crippen molar-refractivity contribution in [2.75, 3.05) is 6.54 Å². The third-order valence-corrected chi connectivity index (χ3v) is 2.88. The number of aliphatic carboxylic acids is 1. The fourth-order valence-corrected chi connectivity index (χ4v) is 1.89. The highest BCUT2D eigenvalue weighted by Crippen LogP contribution is 2.14. The van der Waals surface area contributed by atoms with Crippen LogP contribution >= 0.6 is 0 Å². The van der Waals surface area contributed by atoms with Gasteiger partial charge in [-0.05, 0) is 25.0 Å². The molecule has 5 nitrogen and oxygen atoms in total. The predicted octanol–water partition coefficient (Wildman–Crippen LogP) is 2.15. The second-order valence-corrected chi connectivity index (χ2v) is 4.38. The first-order chi connectivity index (χ1) is 9.16. The van der Waals surface area contributed by atoms with Crippen molar-refractivity contribution in [1.29, 1.82) is 0 Å². The average Bonchev–Trinajstić information content (AvgIpc) is 2.81. The second-order valence-electron chi connectivity index (χ2n) is 4.38. The van der Waals surface area contributed by atoms with Gasteiger partial charge in [-0.2, -0.15) is 0 Å². The summed E-state index contributed by atoms with van der Waals surface area (Å²) < 4.78 is 0. The Hall–Kier alpha value is -2.30. The highest BCUT2D eigenvalue weighted by molar-refractivity contribution is 5.97. The molecule has 0 aliphatic heterocycles. The lowest BCUT2D eigenvalue weighted by molar-refractivity contribution is -0.137. The molecule has 0 atom stereocenters. The number of amides is 1. The van der Waals surface area contributed by atoms with Crippen molar-refractivity contribution in [3.8, 4) is 0 Å². The van der Waals surface area contributed by atoms with E-state index in [0.717, 1.165) is 10.9 Å². The Bertz CT molecular complexity index is 556. The van der Waals surface area contributed by atoms with Crippen molar-refractivity contribution in [2.45, 2.75) is 19.3 Å². The fourth-order valence-electron chi connectivity index (χ4n) is 1.89. The molecule has 3 N–H and O–H groups in total. The fraction of sp³-hybridized carbons (Fsp3) is 0.286. The number of H-pyrrole nitrogens is 1. The number of aromatic amines is 1. The molecule has 0 radical (unpaired) electrons. The Kier molecular flexibility index (Phi) is 4.18. The van der Waals surface area contributed by atoms with E-state index in [-0.39, 0.29) is 12.3 Å². The number of unbranched alkanes of at least 4 members (excludes halogenated alkanes) is 1. The highest BCUT2D eigenvalue weighted by atomic mass is 16.4. The van der Waals surface area contributed by atoms with Crippen molar-refractivity contribution < 1.29 is 14.7 Å². The molecule has 19 heavy (non-hydrogen) atoms. The van der Waals surface area contributed by atoms with Crippen molar-refractivity contribution in [3.63, 3.8) is 0 Å². The van der Waals surface area contributed by atoms with Gasteiger partial charge in [0, 0.05) is 23.9 Å². The molecule has 2 aromatic rings. The summed E-state index contributed by atoms with van der Waals surface area (Å²) in [5, 5.41) is 12.3. The summed E-state index contributed by atoms with van der Waals surface area (Å²) in [4.78, 5) is 25.2. The van der Waals surface area contributed by atoms with Gasteiger partial charge < -0.3 is 15.4 Å². The first-order valence-corrected chi connectivity index (χ1v) is 6.24. The Morgan fingerprint density at radius 1 is 1.21 bits per heavy atom. The maximum Gasteiger partial charge on any atom is 0.303 e. The van der Waals surface area contributed by atoms with Crippen LogP contribution in [0.3, 0.4) is 0 Å². The number of carboxylic acid groups (broad SMARTS) is 1. The van der Waals surface area contributed by atoms with E-state index in [1.165, 1.54) is 0 Å². The summed E-state index contributed by atoms with van der Waals surface area (Å²) in [7, 11) is 0. The quantitative estimate of drug-likeness (QED) is 0.696. The summed E-state index contributed by atoms with van der Waals surface area (Å²) in [6.07, 6.45) is 1.38. The molecule has 0 aliphatic rings. The number of nitrogens with one attached hydrogen (secondary N) is 2. The van der Waals surface area contributed by atoms with E-state index >= 15 is 0 Å². The first-order valence-electron chi connectivity index (χ1n) is 6.24. The summed E-state index contributed by atoms with van der Waals surface area (Å²) in [6.45, 7) is 0.488. The second kappa shape index (κ2) is 6.04. The molecule has 0 bridgehead atoms. The van der Waals surface area contributed by atoms with Crippen molar-refractivity contribution in [3.05, 3.63) is 36.0 Å². The number of fused-ring (bicyclic) bond motifs is 1. The lowest BCUT2D eigenvalue weighted by atomic mass is 10.2. The summed E-state index contributed by atoms with van der Waals surface area (Å²) >= 11 is 0. The van der Waals surface area contributed by atoms with Crippen LogP contribution in [0.15, 0.2) is 30.3 Å². The zero-order valence-electron chi connectivity index (χ0n) is 10.5. The minimum absolute atomic E-state index is 0.141. The van der Waals surface area contributed by atoms with E-state index in [1.807, 2.05) is 30.3 Å². The van der Waals surface area contributed by atoms with Crippen LogP contribution in [0.1, 0.15) is 29.8 Å². The lowest BCUT2D eigenvalue weighted by Crippen LogP contribution is -2.24. The molecule has 1 amide bonds. The monoisotopic (exact) mass is 260 g/mol. The van der Waals surface area contributed by atoms with Crippen LogP contribution in [-0.2, 0) is 4.79 Å². The molecule has 1 aromatic heterocycles. The predicted molar refractivity (Wildman–Crippen MR) is 72.1 cm³/mol. The van der Waals surface area contributed by atoms with Crippen LogP contribution < -0.4 is 5.32 Å². The third kappa shape index (κ3) is 3.58. The summed E-state index contributed by atoms with van der Waals surface area (Å²) in [6, 6.07) is 9.49. The van der Waals surface area contributed by atoms with Gasteiger partial charge in [-0.3, -0.25) is 9.59 Å². The van der Waals surface area contributed by atoms with Gasteiger partial charge in [-0.15, -0.1) is 0 Å². The van der Waals surface area contributed by atoms with E-state index in [9.17, 15) is 9.59 Å². The molecule has 100 valence electrons. The molecule has 5 heteroatoms. The maximum atomic E-state index is 11.9. The molecule has 0 unspecified atom stereocenters. The van der Waals surface area contributed by atoms with Gasteiger partial charge in [0.1, 0.15) is 5.69 Å². The molecule has 1 heterocycles. The van der Waals surface area contributed by atoms with Crippen LogP contribution in [0, 0.1) is 0 Å². The molecular weight excluding hydrogens is 244 g/mol. The zero-order valence-corrected chi connectivity index (χ0v) is 10.5. The van der Waals surface area contributed by atoms with Gasteiger partial charge in [0.2, 0.25) is 0 Å². The normalized spacial score (nSPS) is 10.5. The van der Waals surface area contributed by atoms with E-state index < -0.39 is 5.97 Å². The number of rotatable bonds is 6. The van der Waals surface area contributed by atoms with Crippen LogP contribution in [0.4, 0.5) is 0 Å². The molecule has 1 aromatic carbocycles. The molecular formula is C14H16N2O3. The van der Waals surface area contributed by atoms with Crippen LogP contribution in [0.25, 0.3) is 10.9 Å². The number of carboxylic acids is 1. The van der Waals surface area contributed by atoms with Gasteiger partial charge in [-0.25, -0.2) is 0 Å². The number of aromatic nitrogens is 1. The number of benzene rings is 1. The SMILES string of the molecule is O=C(O)CCCCNC(=O)c1cc2ccccc2[nH]1. The molecule has 2 rings (SSSR count). The number of carbonyl (C=O) groups excluding carboxylic acids is 1. The Balaban J connectivity index is 1.84. The van der Waals surface area contributed by atoms with Crippen LogP contribution in [-0.4, -0.2) is 28.5 Å². The minimum atomic E-state index is -0.804. The number of carbonyl (C=O) groups is 2. The first kappa shape index (κ1) is 13.1. The molecule has 0 saturated carbocycles. The summed E-state index contributed by atoms with van der Waals surface area (Å²) in [5.74, 6) is -0.964. The molecule has 0 saturated heterocycles. The Morgan fingerprint density at radius 2 is 2.00 bits per heavy atom. The molecule has 0 aliphatic carbocycles. The summed E-state index contributed by atoms with van der Waals surface area (Å²) in [5.41, 5.74) is 1.46. The maximum absolute atomic E-state index is 11.9. The topological polar surface area (TPSA) is 82.2 Å². The van der Waals surface area contributed by atoms with Crippen molar-refractivity contribution in [2.24, 2.45) is 0 Å². The smallest absolute Gasteiger partial charge is 0.303 e. The molecule has 0 spiro atoms. The van der Waals surface area contributed by atoms with E-state index in [0.29, 0.717) is 25.1 Å².